The number of nitrogens with zero attached hydrogens (tertiary/aromatic N) is 1. The summed E-state index contributed by atoms with van der Waals surface area (Å²) in [4.78, 5) is 28.3. The van der Waals surface area contributed by atoms with Gasteiger partial charge in [0, 0.05) is 22.6 Å². The van der Waals surface area contributed by atoms with Gasteiger partial charge in [-0.1, -0.05) is 23.7 Å². The normalized spacial score (nSPS) is 10.2. The van der Waals surface area contributed by atoms with Gasteiger partial charge in [-0.2, -0.15) is 0 Å². The van der Waals surface area contributed by atoms with E-state index in [0.717, 1.165) is 5.56 Å². The quantitative estimate of drug-likeness (QED) is 0.605. The summed E-state index contributed by atoms with van der Waals surface area (Å²) >= 11 is 6.08. The number of aromatic nitrogens is 1. The Balaban J connectivity index is 1.70. The highest BCUT2D eigenvalue weighted by Gasteiger charge is 2.10. The van der Waals surface area contributed by atoms with Crippen molar-refractivity contribution in [2.24, 2.45) is 0 Å². The highest BCUT2D eigenvalue weighted by molar-refractivity contribution is 6.31. The molecule has 6 nitrogen and oxygen atoms in total. The largest absolute Gasteiger partial charge is 0.465 e. The van der Waals surface area contributed by atoms with Crippen LogP contribution in [0.15, 0.2) is 60.8 Å². The molecule has 0 aliphatic heterocycles. The van der Waals surface area contributed by atoms with Crippen molar-refractivity contribution >= 4 is 40.7 Å². The molecule has 7 heteroatoms. The van der Waals surface area contributed by atoms with Crippen LogP contribution in [0.4, 0.5) is 17.2 Å². The van der Waals surface area contributed by atoms with Gasteiger partial charge in [-0.05, 0) is 55.0 Å². The molecule has 2 N–H and O–H groups in total. The minimum absolute atomic E-state index is 0.280. The first-order chi connectivity index (χ1) is 13.5. The number of halogens is 1. The van der Waals surface area contributed by atoms with Gasteiger partial charge in [0.05, 0.1) is 18.2 Å². The number of carbonyl (C=O) groups excluding carboxylic acids is 2. The summed E-state index contributed by atoms with van der Waals surface area (Å²) in [5.41, 5.74) is 2.98. The Morgan fingerprint density at radius 2 is 1.82 bits per heavy atom. The van der Waals surface area contributed by atoms with Gasteiger partial charge in [0.1, 0.15) is 5.82 Å². The maximum Gasteiger partial charge on any atom is 0.337 e. The number of nitrogens with one attached hydrogen (secondary N) is 2. The van der Waals surface area contributed by atoms with Crippen molar-refractivity contribution < 1.29 is 14.3 Å². The Bertz CT molecular complexity index is 1020. The molecule has 0 spiro atoms. The molecule has 0 bridgehead atoms. The SMILES string of the molecule is COC(=O)c1cccc(Nc2ccc(C(=O)Nc3cccc(Cl)c3C)cn2)c1. The smallest absolute Gasteiger partial charge is 0.337 e. The number of rotatable bonds is 5. The summed E-state index contributed by atoms with van der Waals surface area (Å²) in [6.07, 6.45) is 1.47. The van der Waals surface area contributed by atoms with Crippen LogP contribution in [0.1, 0.15) is 26.3 Å². The number of benzene rings is 2. The van der Waals surface area contributed by atoms with Crippen molar-refractivity contribution in [3.63, 3.8) is 0 Å². The van der Waals surface area contributed by atoms with Crippen molar-refractivity contribution in [3.8, 4) is 0 Å². The molecule has 0 aliphatic carbocycles. The van der Waals surface area contributed by atoms with Gasteiger partial charge in [-0.25, -0.2) is 9.78 Å². The zero-order chi connectivity index (χ0) is 20.1. The molecule has 28 heavy (non-hydrogen) atoms. The maximum absolute atomic E-state index is 12.4. The monoisotopic (exact) mass is 395 g/mol. The van der Waals surface area contributed by atoms with Crippen molar-refractivity contribution in [1.82, 2.24) is 4.98 Å². The van der Waals surface area contributed by atoms with E-state index in [2.05, 4.69) is 15.6 Å². The number of anilines is 3. The van der Waals surface area contributed by atoms with Crippen molar-refractivity contribution in [2.45, 2.75) is 6.92 Å². The molecule has 1 amide bonds. The maximum atomic E-state index is 12.4. The summed E-state index contributed by atoms with van der Waals surface area (Å²) in [7, 11) is 1.33. The van der Waals surface area contributed by atoms with Crippen LogP contribution < -0.4 is 10.6 Å². The second-order valence-corrected chi connectivity index (χ2v) is 6.40. The number of amides is 1. The predicted octanol–water partition coefficient (Wildman–Crippen LogP) is 4.83. The van der Waals surface area contributed by atoms with Gasteiger partial charge >= 0.3 is 5.97 Å². The summed E-state index contributed by atoms with van der Waals surface area (Å²) in [5.74, 6) is -0.158. The van der Waals surface area contributed by atoms with E-state index in [-0.39, 0.29) is 5.91 Å². The Labute approximate surface area is 167 Å². The molecule has 2 aromatic carbocycles. The number of carbonyl (C=O) groups is 2. The van der Waals surface area contributed by atoms with Gasteiger partial charge in [0.15, 0.2) is 0 Å². The lowest BCUT2D eigenvalue weighted by molar-refractivity contribution is 0.0600. The molecule has 0 aliphatic rings. The molecule has 1 aromatic heterocycles. The fraction of sp³-hybridized carbons (Fsp3) is 0.0952. The van der Waals surface area contributed by atoms with E-state index in [1.54, 1.807) is 54.6 Å². The molecule has 3 aromatic rings. The van der Waals surface area contributed by atoms with Gasteiger partial charge in [-0.3, -0.25) is 4.79 Å². The lowest BCUT2D eigenvalue weighted by atomic mass is 10.2. The van der Waals surface area contributed by atoms with E-state index in [9.17, 15) is 9.59 Å². The minimum atomic E-state index is -0.417. The molecule has 0 fully saturated rings. The molecule has 0 unspecified atom stereocenters. The minimum Gasteiger partial charge on any atom is -0.465 e. The zero-order valence-corrected chi connectivity index (χ0v) is 16.1. The number of esters is 1. The highest BCUT2D eigenvalue weighted by Crippen LogP contribution is 2.23. The molecule has 0 saturated carbocycles. The van der Waals surface area contributed by atoms with Crippen LogP contribution >= 0.6 is 11.6 Å². The molecule has 0 radical (unpaired) electrons. The van der Waals surface area contributed by atoms with E-state index in [1.165, 1.54) is 13.3 Å². The molecule has 142 valence electrons. The van der Waals surface area contributed by atoms with Gasteiger partial charge in [-0.15, -0.1) is 0 Å². The average molecular weight is 396 g/mol. The lowest BCUT2D eigenvalue weighted by Crippen LogP contribution is -2.13. The van der Waals surface area contributed by atoms with Crippen LogP contribution in [0.3, 0.4) is 0 Å². The fourth-order valence-electron chi connectivity index (χ4n) is 2.53. The second-order valence-electron chi connectivity index (χ2n) is 6.00. The number of pyridine rings is 1. The van der Waals surface area contributed by atoms with Gasteiger partial charge in [0.25, 0.3) is 5.91 Å². The summed E-state index contributed by atoms with van der Waals surface area (Å²) in [6, 6.07) is 15.5. The number of hydrogen-bond acceptors (Lipinski definition) is 5. The van der Waals surface area contributed by atoms with E-state index < -0.39 is 5.97 Å². The molecule has 1 heterocycles. The van der Waals surface area contributed by atoms with E-state index in [0.29, 0.717) is 33.3 Å². The van der Waals surface area contributed by atoms with E-state index in [4.69, 9.17) is 16.3 Å². The first kappa shape index (κ1) is 19.4. The Hall–Kier alpha value is -3.38. The fourth-order valence-corrected chi connectivity index (χ4v) is 2.70. The number of ether oxygens (including phenoxy) is 1. The first-order valence-electron chi connectivity index (χ1n) is 8.46. The molecule has 0 atom stereocenters. The molecule has 3 rings (SSSR count). The number of hydrogen-bond donors (Lipinski definition) is 2. The third-order valence-corrected chi connectivity index (χ3v) is 4.51. The average Bonchev–Trinajstić information content (AvgIpc) is 2.71. The van der Waals surface area contributed by atoms with Crippen molar-refractivity contribution in [3.05, 3.63) is 82.5 Å². The number of methoxy groups -OCH3 is 1. The van der Waals surface area contributed by atoms with E-state index in [1.807, 2.05) is 6.92 Å². The standard InChI is InChI=1S/C21H18ClN3O3/c1-13-17(22)7-4-8-18(13)25-20(26)15-9-10-19(23-12-15)24-16-6-3-5-14(11-16)21(27)28-2/h3-12H,1-2H3,(H,23,24)(H,25,26). The van der Waals surface area contributed by atoms with Gasteiger partial charge < -0.3 is 15.4 Å². The Morgan fingerprint density at radius 3 is 2.54 bits per heavy atom. The summed E-state index contributed by atoms with van der Waals surface area (Å²) in [6.45, 7) is 1.84. The molecular weight excluding hydrogens is 378 g/mol. The molecule has 0 saturated heterocycles. The Morgan fingerprint density at radius 1 is 1.04 bits per heavy atom. The zero-order valence-electron chi connectivity index (χ0n) is 15.3. The third-order valence-electron chi connectivity index (χ3n) is 4.10. The van der Waals surface area contributed by atoms with Crippen LogP contribution in [0.5, 0.6) is 0 Å². The van der Waals surface area contributed by atoms with Gasteiger partial charge in [0.2, 0.25) is 0 Å². The van der Waals surface area contributed by atoms with Crippen LogP contribution in [0.25, 0.3) is 0 Å². The highest BCUT2D eigenvalue weighted by atomic mass is 35.5. The van der Waals surface area contributed by atoms with Crippen LogP contribution in [0.2, 0.25) is 5.02 Å². The molecular formula is C21H18ClN3O3. The van der Waals surface area contributed by atoms with Crippen molar-refractivity contribution in [1.29, 1.82) is 0 Å². The summed E-state index contributed by atoms with van der Waals surface area (Å²) < 4.78 is 4.71. The lowest BCUT2D eigenvalue weighted by Gasteiger charge is -2.10. The predicted molar refractivity (Wildman–Crippen MR) is 109 cm³/mol. The van der Waals surface area contributed by atoms with Crippen molar-refractivity contribution in [2.75, 3.05) is 17.7 Å². The van der Waals surface area contributed by atoms with Crippen LogP contribution in [-0.4, -0.2) is 24.0 Å². The topological polar surface area (TPSA) is 80.3 Å². The third kappa shape index (κ3) is 4.47. The Kier molecular flexibility index (Phi) is 5.91. The first-order valence-corrected chi connectivity index (χ1v) is 8.83. The van der Waals surface area contributed by atoms with Crippen LogP contribution in [0, 0.1) is 6.92 Å². The second kappa shape index (κ2) is 8.54. The summed E-state index contributed by atoms with van der Waals surface area (Å²) in [5, 5.41) is 6.50. The van der Waals surface area contributed by atoms with Crippen LogP contribution in [-0.2, 0) is 4.74 Å². The van der Waals surface area contributed by atoms with E-state index >= 15 is 0 Å².